The number of ether oxygens (including phenoxy) is 1. The summed E-state index contributed by atoms with van der Waals surface area (Å²) >= 11 is 0. The lowest BCUT2D eigenvalue weighted by Crippen LogP contribution is -2.42. The molecule has 1 fully saturated rings. The first kappa shape index (κ1) is 16.5. The molecule has 1 aromatic rings. The van der Waals surface area contributed by atoms with Crippen LogP contribution in [-0.2, 0) is 16.1 Å². The first-order valence-corrected chi connectivity index (χ1v) is 7.84. The fourth-order valence-corrected chi connectivity index (χ4v) is 2.71. The third kappa shape index (κ3) is 5.15. The summed E-state index contributed by atoms with van der Waals surface area (Å²) in [7, 11) is 1.63. The first-order chi connectivity index (χ1) is 10.7. The zero-order valence-corrected chi connectivity index (χ0v) is 13.1. The van der Waals surface area contributed by atoms with Crippen molar-refractivity contribution in [3.63, 3.8) is 0 Å². The number of carbonyl (C=O) groups excluding carboxylic acids is 2. The third-order valence-corrected chi connectivity index (χ3v) is 3.91. The molecular weight excluding hydrogens is 280 g/mol. The molecule has 5 nitrogen and oxygen atoms in total. The van der Waals surface area contributed by atoms with Crippen LogP contribution in [0.4, 0.5) is 0 Å². The minimum atomic E-state index is -0.234. The maximum atomic E-state index is 12.0. The highest BCUT2D eigenvalue weighted by Gasteiger charge is 2.16. The minimum absolute atomic E-state index is 0.0230. The molecule has 0 heterocycles. The molecule has 1 saturated carbocycles. The van der Waals surface area contributed by atoms with Crippen LogP contribution in [0.2, 0.25) is 0 Å². The fraction of sp³-hybridized carbons (Fsp3) is 0.529. The first-order valence-electron chi connectivity index (χ1n) is 7.84. The molecule has 2 N–H and O–H groups in total. The van der Waals surface area contributed by atoms with Gasteiger partial charge < -0.3 is 15.4 Å². The van der Waals surface area contributed by atoms with Crippen molar-refractivity contribution in [2.45, 2.75) is 44.8 Å². The van der Waals surface area contributed by atoms with E-state index < -0.39 is 0 Å². The molecule has 0 unspecified atom stereocenters. The van der Waals surface area contributed by atoms with Crippen molar-refractivity contribution in [3.05, 3.63) is 35.4 Å². The molecule has 0 atom stereocenters. The van der Waals surface area contributed by atoms with E-state index in [2.05, 4.69) is 10.6 Å². The number of nitrogens with one attached hydrogen (secondary N) is 2. The van der Waals surface area contributed by atoms with Gasteiger partial charge in [0.25, 0.3) is 5.91 Å². The van der Waals surface area contributed by atoms with E-state index in [1.807, 2.05) is 12.1 Å². The molecule has 0 spiro atoms. The van der Waals surface area contributed by atoms with Gasteiger partial charge in [0.1, 0.15) is 0 Å². The molecule has 1 aliphatic rings. The van der Waals surface area contributed by atoms with Crippen molar-refractivity contribution >= 4 is 11.8 Å². The molecule has 120 valence electrons. The van der Waals surface area contributed by atoms with Gasteiger partial charge in [-0.25, -0.2) is 0 Å². The van der Waals surface area contributed by atoms with Gasteiger partial charge in [0.15, 0.2) is 0 Å². The number of benzene rings is 1. The number of methoxy groups -OCH3 is 1. The summed E-state index contributed by atoms with van der Waals surface area (Å²) in [6.45, 7) is 0.543. The van der Waals surface area contributed by atoms with Crippen molar-refractivity contribution < 1.29 is 14.3 Å². The lowest BCUT2D eigenvalue weighted by Gasteiger charge is -2.22. The van der Waals surface area contributed by atoms with Crippen LogP contribution in [0.5, 0.6) is 0 Å². The van der Waals surface area contributed by atoms with Gasteiger partial charge in [-0.1, -0.05) is 31.4 Å². The third-order valence-electron chi connectivity index (χ3n) is 3.91. The Morgan fingerprint density at radius 3 is 2.45 bits per heavy atom. The highest BCUT2D eigenvalue weighted by molar-refractivity contribution is 5.96. The number of hydrogen-bond acceptors (Lipinski definition) is 3. The van der Waals surface area contributed by atoms with E-state index in [1.165, 1.54) is 19.3 Å². The molecule has 0 saturated heterocycles. The molecule has 2 rings (SSSR count). The Morgan fingerprint density at radius 2 is 1.82 bits per heavy atom. The van der Waals surface area contributed by atoms with E-state index >= 15 is 0 Å². The van der Waals surface area contributed by atoms with Crippen molar-refractivity contribution in [3.8, 4) is 0 Å². The van der Waals surface area contributed by atoms with E-state index in [9.17, 15) is 9.59 Å². The van der Waals surface area contributed by atoms with Gasteiger partial charge in [-0.15, -0.1) is 0 Å². The lowest BCUT2D eigenvalue weighted by molar-refractivity contribution is -0.121. The van der Waals surface area contributed by atoms with Crippen LogP contribution in [0.25, 0.3) is 0 Å². The fourth-order valence-electron chi connectivity index (χ4n) is 2.71. The summed E-state index contributed by atoms with van der Waals surface area (Å²) < 4.78 is 5.03. The van der Waals surface area contributed by atoms with E-state index in [0.29, 0.717) is 12.2 Å². The van der Waals surface area contributed by atoms with Gasteiger partial charge in [-0.2, -0.15) is 0 Å². The average molecular weight is 304 g/mol. The maximum Gasteiger partial charge on any atom is 0.251 e. The summed E-state index contributed by atoms with van der Waals surface area (Å²) in [5.74, 6) is -0.348. The number of hydrogen-bond donors (Lipinski definition) is 2. The van der Waals surface area contributed by atoms with Gasteiger partial charge in [0.05, 0.1) is 13.2 Å². The zero-order chi connectivity index (χ0) is 15.8. The topological polar surface area (TPSA) is 67.4 Å². The Bertz CT molecular complexity index is 493. The van der Waals surface area contributed by atoms with Crippen LogP contribution >= 0.6 is 0 Å². The monoisotopic (exact) mass is 304 g/mol. The van der Waals surface area contributed by atoms with Crippen LogP contribution in [0.3, 0.4) is 0 Å². The predicted octanol–water partition coefficient (Wildman–Crippen LogP) is 2.01. The summed E-state index contributed by atoms with van der Waals surface area (Å²) in [6.07, 6.45) is 5.68. The molecular formula is C17H24N2O3. The largest absolute Gasteiger partial charge is 0.380 e. The normalized spacial score (nSPS) is 15.3. The molecule has 0 aliphatic heterocycles. The standard InChI is InChI=1S/C17H24N2O3/c1-22-12-13-7-9-14(10-8-13)17(21)18-11-16(20)19-15-5-3-2-4-6-15/h7-10,15H,2-6,11-12H2,1H3,(H,18,21)(H,19,20). The van der Waals surface area contributed by atoms with Gasteiger partial charge >= 0.3 is 0 Å². The lowest BCUT2D eigenvalue weighted by atomic mass is 9.95. The van der Waals surface area contributed by atoms with Crippen LogP contribution in [-0.4, -0.2) is 31.5 Å². The smallest absolute Gasteiger partial charge is 0.251 e. The van der Waals surface area contributed by atoms with Gasteiger partial charge in [0, 0.05) is 18.7 Å². The predicted molar refractivity (Wildman–Crippen MR) is 84.5 cm³/mol. The van der Waals surface area contributed by atoms with E-state index in [1.54, 1.807) is 19.2 Å². The van der Waals surface area contributed by atoms with Crippen molar-refractivity contribution in [2.24, 2.45) is 0 Å². The van der Waals surface area contributed by atoms with Gasteiger partial charge in [-0.05, 0) is 30.5 Å². The van der Waals surface area contributed by atoms with Gasteiger partial charge in [-0.3, -0.25) is 9.59 Å². The van der Waals surface area contributed by atoms with Gasteiger partial charge in [0.2, 0.25) is 5.91 Å². The summed E-state index contributed by atoms with van der Waals surface area (Å²) in [5.41, 5.74) is 1.56. The zero-order valence-electron chi connectivity index (χ0n) is 13.1. The Labute approximate surface area is 131 Å². The summed E-state index contributed by atoms with van der Waals surface area (Å²) in [4.78, 5) is 23.8. The van der Waals surface area contributed by atoms with Crippen molar-refractivity contribution in [2.75, 3.05) is 13.7 Å². The second kappa shape index (κ2) is 8.54. The Morgan fingerprint density at radius 1 is 1.14 bits per heavy atom. The molecule has 22 heavy (non-hydrogen) atoms. The second-order valence-electron chi connectivity index (χ2n) is 5.72. The summed E-state index contributed by atoms with van der Waals surface area (Å²) in [5, 5.41) is 5.64. The Balaban J connectivity index is 1.75. The van der Waals surface area contributed by atoms with E-state index in [-0.39, 0.29) is 24.4 Å². The van der Waals surface area contributed by atoms with E-state index in [4.69, 9.17) is 4.74 Å². The molecule has 1 aliphatic carbocycles. The molecule has 0 aromatic heterocycles. The average Bonchev–Trinajstić information content (AvgIpc) is 2.54. The highest BCUT2D eigenvalue weighted by atomic mass is 16.5. The quantitative estimate of drug-likeness (QED) is 0.845. The number of carbonyl (C=O) groups is 2. The molecule has 0 radical (unpaired) electrons. The summed E-state index contributed by atoms with van der Waals surface area (Å²) in [6, 6.07) is 7.44. The molecule has 0 bridgehead atoms. The van der Waals surface area contributed by atoms with Crippen LogP contribution in [0.15, 0.2) is 24.3 Å². The SMILES string of the molecule is COCc1ccc(C(=O)NCC(=O)NC2CCCCC2)cc1. The van der Waals surface area contributed by atoms with Crippen molar-refractivity contribution in [1.29, 1.82) is 0 Å². The highest BCUT2D eigenvalue weighted by Crippen LogP contribution is 2.17. The Kier molecular flexibility index (Phi) is 6.40. The van der Waals surface area contributed by atoms with Crippen LogP contribution in [0, 0.1) is 0 Å². The van der Waals surface area contributed by atoms with Crippen molar-refractivity contribution in [1.82, 2.24) is 10.6 Å². The van der Waals surface area contributed by atoms with E-state index in [0.717, 1.165) is 18.4 Å². The van der Waals surface area contributed by atoms with Crippen LogP contribution < -0.4 is 10.6 Å². The number of amides is 2. The molecule has 1 aromatic carbocycles. The molecule has 2 amide bonds. The van der Waals surface area contributed by atoms with Crippen LogP contribution in [0.1, 0.15) is 48.0 Å². The minimum Gasteiger partial charge on any atom is -0.380 e. The number of rotatable bonds is 6. The maximum absolute atomic E-state index is 12.0. The second-order valence-corrected chi connectivity index (χ2v) is 5.72. The molecule has 5 heteroatoms. The Hall–Kier alpha value is -1.88.